The minimum absolute atomic E-state index is 0.160. The van der Waals surface area contributed by atoms with E-state index < -0.39 is 5.82 Å². The zero-order chi connectivity index (χ0) is 14.6. The largest absolute Gasteiger partial charge is 0.349 e. The Kier molecular flexibility index (Phi) is 3.21. The van der Waals surface area contributed by atoms with Crippen LogP contribution in [-0.2, 0) is 0 Å². The van der Waals surface area contributed by atoms with E-state index >= 15 is 0 Å². The molecule has 1 N–H and O–H groups in total. The lowest BCUT2D eigenvalue weighted by atomic mass is 9.79. The number of hydrogen-bond acceptors (Lipinski definition) is 1. The second kappa shape index (κ2) is 4.98. The molecule has 3 saturated carbocycles. The van der Waals surface area contributed by atoms with Gasteiger partial charge in [-0.1, -0.05) is 18.0 Å². The molecule has 3 fully saturated rings. The third kappa shape index (κ3) is 2.17. The SMILES string of the molecule is O=C(NC1CC2CC1C1CCCC21)c1ccc(F)cc1Cl. The number of fused-ring (bicyclic) bond motifs is 5. The monoisotopic (exact) mass is 307 g/mol. The Morgan fingerprint density at radius 1 is 1.19 bits per heavy atom. The van der Waals surface area contributed by atoms with Crippen molar-refractivity contribution in [2.24, 2.45) is 23.7 Å². The van der Waals surface area contributed by atoms with E-state index in [4.69, 9.17) is 11.6 Å². The molecule has 2 nitrogen and oxygen atoms in total. The molecule has 0 aromatic heterocycles. The van der Waals surface area contributed by atoms with E-state index in [2.05, 4.69) is 5.32 Å². The number of carbonyl (C=O) groups is 1. The van der Waals surface area contributed by atoms with Crippen molar-refractivity contribution in [3.05, 3.63) is 34.6 Å². The molecule has 0 heterocycles. The van der Waals surface area contributed by atoms with Crippen molar-refractivity contribution >= 4 is 17.5 Å². The van der Waals surface area contributed by atoms with E-state index in [9.17, 15) is 9.18 Å². The van der Waals surface area contributed by atoms with Crippen LogP contribution in [0.1, 0.15) is 42.5 Å². The number of hydrogen-bond donors (Lipinski definition) is 1. The Balaban J connectivity index is 1.48. The lowest BCUT2D eigenvalue weighted by Crippen LogP contribution is -2.42. The van der Waals surface area contributed by atoms with Crippen molar-refractivity contribution in [2.75, 3.05) is 0 Å². The highest BCUT2D eigenvalue weighted by molar-refractivity contribution is 6.33. The molecule has 112 valence electrons. The third-order valence-electron chi connectivity index (χ3n) is 5.92. The number of amides is 1. The molecule has 3 aliphatic carbocycles. The van der Waals surface area contributed by atoms with Gasteiger partial charge >= 0.3 is 0 Å². The predicted molar refractivity (Wildman–Crippen MR) is 79.7 cm³/mol. The predicted octanol–water partition coefficient (Wildman–Crippen LogP) is 4.03. The minimum Gasteiger partial charge on any atom is -0.349 e. The Morgan fingerprint density at radius 2 is 2.00 bits per heavy atom. The number of carbonyl (C=O) groups excluding carboxylic acids is 1. The van der Waals surface area contributed by atoms with E-state index in [1.165, 1.54) is 43.9 Å². The smallest absolute Gasteiger partial charge is 0.253 e. The average molecular weight is 308 g/mol. The van der Waals surface area contributed by atoms with Gasteiger partial charge in [0.2, 0.25) is 0 Å². The van der Waals surface area contributed by atoms with Gasteiger partial charge in [0.05, 0.1) is 10.6 Å². The zero-order valence-electron chi connectivity index (χ0n) is 11.8. The molecule has 1 aromatic carbocycles. The van der Waals surface area contributed by atoms with Crippen LogP contribution in [0.15, 0.2) is 18.2 Å². The fourth-order valence-corrected chi connectivity index (χ4v) is 5.41. The molecule has 5 unspecified atom stereocenters. The van der Waals surface area contributed by atoms with Crippen LogP contribution in [0.3, 0.4) is 0 Å². The fraction of sp³-hybridized carbons (Fsp3) is 0.588. The molecule has 0 radical (unpaired) electrons. The number of halogens is 2. The first-order chi connectivity index (χ1) is 10.1. The standard InChI is InChI=1S/C17H19ClFNO/c18-15-8-10(19)4-5-13(15)17(21)20-16-7-9-6-14(16)12-3-1-2-11(9)12/h4-5,8-9,11-12,14,16H,1-3,6-7H2,(H,20,21). The molecular formula is C17H19ClFNO. The van der Waals surface area contributed by atoms with Gasteiger partial charge in [0, 0.05) is 6.04 Å². The zero-order valence-corrected chi connectivity index (χ0v) is 12.6. The van der Waals surface area contributed by atoms with Gasteiger partial charge < -0.3 is 5.32 Å². The topological polar surface area (TPSA) is 29.1 Å². The van der Waals surface area contributed by atoms with E-state index in [0.29, 0.717) is 11.5 Å². The normalized spacial score (nSPS) is 36.8. The van der Waals surface area contributed by atoms with E-state index in [-0.39, 0.29) is 17.0 Å². The lowest BCUT2D eigenvalue weighted by Gasteiger charge is -2.32. The summed E-state index contributed by atoms with van der Waals surface area (Å²) in [7, 11) is 0. The van der Waals surface area contributed by atoms with Crippen molar-refractivity contribution in [2.45, 2.75) is 38.1 Å². The van der Waals surface area contributed by atoms with Crippen molar-refractivity contribution in [3.8, 4) is 0 Å². The average Bonchev–Trinajstić information content (AvgIpc) is 3.09. The van der Waals surface area contributed by atoms with E-state index in [1.54, 1.807) is 0 Å². The van der Waals surface area contributed by atoms with Crippen molar-refractivity contribution in [1.82, 2.24) is 5.32 Å². The third-order valence-corrected chi connectivity index (χ3v) is 6.23. The first-order valence-electron chi connectivity index (χ1n) is 7.89. The molecule has 1 amide bonds. The summed E-state index contributed by atoms with van der Waals surface area (Å²) in [6, 6.07) is 4.24. The van der Waals surface area contributed by atoms with Gasteiger partial charge in [0.25, 0.3) is 5.91 Å². The molecule has 0 saturated heterocycles. The van der Waals surface area contributed by atoms with Crippen LogP contribution in [0.5, 0.6) is 0 Å². The lowest BCUT2D eigenvalue weighted by molar-refractivity contribution is 0.0901. The fourth-order valence-electron chi connectivity index (χ4n) is 5.15. The highest BCUT2D eigenvalue weighted by Gasteiger charge is 2.54. The first-order valence-corrected chi connectivity index (χ1v) is 8.27. The molecule has 1 aromatic rings. The van der Waals surface area contributed by atoms with Crippen molar-refractivity contribution in [1.29, 1.82) is 0 Å². The minimum atomic E-state index is -0.412. The van der Waals surface area contributed by atoms with Gasteiger partial charge in [-0.05, 0) is 67.6 Å². The quantitative estimate of drug-likeness (QED) is 0.878. The molecule has 4 rings (SSSR count). The van der Waals surface area contributed by atoms with Crippen LogP contribution < -0.4 is 5.32 Å². The Morgan fingerprint density at radius 3 is 2.81 bits per heavy atom. The Labute approximate surface area is 129 Å². The van der Waals surface area contributed by atoms with Crippen LogP contribution in [-0.4, -0.2) is 11.9 Å². The van der Waals surface area contributed by atoms with E-state index in [0.717, 1.165) is 24.2 Å². The number of benzene rings is 1. The summed E-state index contributed by atoms with van der Waals surface area (Å²) in [6.07, 6.45) is 6.45. The molecule has 21 heavy (non-hydrogen) atoms. The highest BCUT2D eigenvalue weighted by atomic mass is 35.5. The first kappa shape index (κ1) is 13.6. The molecule has 0 aliphatic heterocycles. The van der Waals surface area contributed by atoms with Crippen LogP contribution in [0.4, 0.5) is 4.39 Å². The summed E-state index contributed by atoms with van der Waals surface area (Å²) in [4.78, 5) is 12.4. The second-order valence-electron chi connectivity index (χ2n) is 6.86. The van der Waals surface area contributed by atoms with Gasteiger partial charge in [-0.3, -0.25) is 4.79 Å². The van der Waals surface area contributed by atoms with Gasteiger partial charge in [-0.15, -0.1) is 0 Å². The van der Waals surface area contributed by atoms with E-state index in [1.807, 2.05) is 0 Å². The molecule has 4 heteroatoms. The highest BCUT2D eigenvalue weighted by Crippen LogP contribution is 2.58. The van der Waals surface area contributed by atoms with Crippen molar-refractivity contribution < 1.29 is 9.18 Å². The number of rotatable bonds is 2. The van der Waals surface area contributed by atoms with Gasteiger partial charge in [-0.25, -0.2) is 4.39 Å². The molecule has 0 spiro atoms. The maximum atomic E-state index is 13.1. The van der Waals surface area contributed by atoms with Crippen LogP contribution in [0.2, 0.25) is 5.02 Å². The second-order valence-corrected chi connectivity index (χ2v) is 7.27. The van der Waals surface area contributed by atoms with Crippen LogP contribution in [0, 0.1) is 29.5 Å². The molecule has 2 bridgehead atoms. The van der Waals surface area contributed by atoms with Crippen LogP contribution >= 0.6 is 11.6 Å². The molecular weight excluding hydrogens is 289 g/mol. The summed E-state index contributed by atoms with van der Waals surface area (Å²) in [5, 5.41) is 3.34. The van der Waals surface area contributed by atoms with Gasteiger partial charge in [-0.2, -0.15) is 0 Å². The molecule has 5 atom stereocenters. The summed E-state index contributed by atoms with van der Waals surface area (Å²) < 4.78 is 13.1. The summed E-state index contributed by atoms with van der Waals surface area (Å²) >= 11 is 5.98. The maximum Gasteiger partial charge on any atom is 0.253 e. The maximum absolute atomic E-state index is 13.1. The number of nitrogens with one attached hydrogen (secondary N) is 1. The summed E-state index contributed by atoms with van der Waals surface area (Å²) in [5.41, 5.74) is 0.379. The Bertz CT molecular complexity index is 590. The Hall–Kier alpha value is -1.09. The summed E-state index contributed by atoms with van der Waals surface area (Å²) in [6.45, 7) is 0. The van der Waals surface area contributed by atoms with Gasteiger partial charge in [0.15, 0.2) is 0 Å². The van der Waals surface area contributed by atoms with Crippen LogP contribution in [0.25, 0.3) is 0 Å². The van der Waals surface area contributed by atoms with Crippen molar-refractivity contribution in [3.63, 3.8) is 0 Å². The molecule has 3 aliphatic rings. The van der Waals surface area contributed by atoms with Gasteiger partial charge in [0.1, 0.15) is 5.82 Å². The summed E-state index contributed by atoms with van der Waals surface area (Å²) in [5.74, 6) is 2.61.